The summed E-state index contributed by atoms with van der Waals surface area (Å²) < 4.78 is 5.47. The Balaban J connectivity index is 2.05. The largest absolute Gasteiger partial charge is 0.457 e. The Labute approximate surface area is 173 Å². The van der Waals surface area contributed by atoms with Crippen molar-refractivity contribution in [3.8, 4) is 0 Å². The van der Waals surface area contributed by atoms with E-state index in [0.717, 1.165) is 50.8 Å². The molecule has 1 aromatic rings. The lowest BCUT2D eigenvalue weighted by Crippen LogP contribution is -2.41. The van der Waals surface area contributed by atoms with Gasteiger partial charge in [-0.05, 0) is 77.0 Å². The molecule has 28 heavy (non-hydrogen) atoms. The van der Waals surface area contributed by atoms with Crippen molar-refractivity contribution in [1.29, 1.82) is 0 Å². The Morgan fingerprint density at radius 2 is 1.75 bits per heavy atom. The second kappa shape index (κ2) is 10.1. The maximum Gasteiger partial charge on any atom is 0.334 e. The topological polar surface area (TPSA) is 46.6 Å². The van der Waals surface area contributed by atoms with Crippen LogP contribution >= 0.6 is 11.6 Å². The lowest BCUT2D eigenvalue weighted by atomic mass is 9.91. The molecule has 1 fully saturated rings. The molecule has 1 heterocycles. The van der Waals surface area contributed by atoms with E-state index in [1.165, 1.54) is 0 Å². The fourth-order valence-electron chi connectivity index (χ4n) is 3.43. The van der Waals surface area contributed by atoms with Crippen LogP contribution in [0.25, 0.3) is 0 Å². The average molecular weight is 406 g/mol. The second-order valence-corrected chi connectivity index (χ2v) is 8.92. The molecule has 154 valence electrons. The van der Waals surface area contributed by atoms with Crippen LogP contribution in [0.15, 0.2) is 36.4 Å². The summed E-state index contributed by atoms with van der Waals surface area (Å²) in [6.45, 7) is 10.9. The molecule has 1 aliphatic heterocycles. The summed E-state index contributed by atoms with van der Waals surface area (Å²) in [6, 6.07) is 7.72. The van der Waals surface area contributed by atoms with E-state index >= 15 is 0 Å². The molecule has 1 aliphatic rings. The number of nitrogens with zero attached hydrogens (tertiary/aromatic N) is 1. The summed E-state index contributed by atoms with van der Waals surface area (Å²) in [4.78, 5) is 27.6. The Bertz CT molecular complexity index is 685. The van der Waals surface area contributed by atoms with E-state index in [4.69, 9.17) is 16.3 Å². The molecule has 1 atom stereocenters. The number of amides is 1. The number of esters is 1. The minimum absolute atomic E-state index is 0.00617. The van der Waals surface area contributed by atoms with Crippen molar-refractivity contribution >= 4 is 23.5 Å². The number of aryl methyl sites for hydroxylation is 1. The fraction of sp³-hybridized carbons (Fsp3) is 0.565. The first-order chi connectivity index (χ1) is 13.2. The number of carbonyl (C=O) groups is 2. The van der Waals surface area contributed by atoms with Crippen LogP contribution in [0, 0.1) is 5.92 Å². The monoisotopic (exact) mass is 405 g/mol. The highest BCUT2D eigenvalue weighted by atomic mass is 35.5. The second-order valence-electron chi connectivity index (χ2n) is 8.48. The van der Waals surface area contributed by atoms with E-state index in [9.17, 15) is 9.59 Å². The van der Waals surface area contributed by atoms with Crippen LogP contribution in [0.5, 0.6) is 0 Å². The normalized spacial score (nSPS) is 15.8. The van der Waals surface area contributed by atoms with Gasteiger partial charge in [-0.25, -0.2) is 4.79 Å². The molecule has 4 nitrogen and oxygen atoms in total. The fourth-order valence-corrected chi connectivity index (χ4v) is 3.55. The van der Waals surface area contributed by atoms with Gasteiger partial charge in [0.2, 0.25) is 5.91 Å². The van der Waals surface area contributed by atoms with Crippen LogP contribution in [-0.4, -0.2) is 35.5 Å². The highest BCUT2D eigenvalue weighted by Crippen LogP contribution is 2.25. The number of hydrogen-bond acceptors (Lipinski definition) is 3. The summed E-state index contributed by atoms with van der Waals surface area (Å²) in [5, 5.41) is 0.709. The van der Waals surface area contributed by atoms with Crippen LogP contribution in [0.1, 0.15) is 58.4 Å². The molecule has 0 aromatic heterocycles. The first-order valence-electron chi connectivity index (χ1n) is 10.1. The molecule has 1 aromatic carbocycles. The molecule has 0 spiro atoms. The number of piperidine rings is 1. The number of benzene rings is 1. The van der Waals surface area contributed by atoms with Crippen LogP contribution in [-0.2, 0) is 20.7 Å². The van der Waals surface area contributed by atoms with Gasteiger partial charge in [-0.3, -0.25) is 4.79 Å². The Kier molecular flexibility index (Phi) is 8.11. The van der Waals surface area contributed by atoms with Gasteiger partial charge in [0.1, 0.15) is 5.60 Å². The molecular weight excluding hydrogens is 374 g/mol. The maximum absolute atomic E-state index is 13.1. The minimum atomic E-state index is -0.609. The van der Waals surface area contributed by atoms with E-state index in [0.29, 0.717) is 11.4 Å². The quantitative estimate of drug-likeness (QED) is 0.463. The number of halogens is 1. The predicted molar refractivity (Wildman–Crippen MR) is 113 cm³/mol. The average Bonchev–Trinajstić information content (AvgIpc) is 2.65. The molecule has 0 saturated carbocycles. The van der Waals surface area contributed by atoms with Gasteiger partial charge >= 0.3 is 5.97 Å². The SMILES string of the molecule is C=C(C(=O)OC(C)(C)C)C(CCCc1ccc(Cl)cc1)C(=O)N1CCCCC1. The molecular formula is C23H32ClNO3. The lowest BCUT2D eigenvalue weighted by molar-refractivity contribution is -0.152. The van der Waals surface area contributed by atoms with Crippen molar-refractivity contribution in [2.75, 3.05) is 13.1 Å². The third kappa shape index (κ3) is 6.97. The molecule has 0 radical (unpaired) electrons. The van der Waals surface area contributed by atoms with Crippen LogP contribution in [0.2, 0.25) is 5.02 Å². The van der Waals surface area contributed by atoms with E-state index in [1.54, 1.807) is 0 Å². The van der Waals surface area contributed by atoms with Crippen LogP contribution in [0.3, 0.4) is 0 Å². The van der Waals surface area contributed by atoms with E-state index in [1.807, 2.05) is 49.9 Å². The number of ether oxygens (including phenoxy) is 1. The Morgan fingerprint density at radius 1 is 1.14 bits per heavy atom. The van der Waals surface area contributed by atoms with Gasteiger partial charge in [0.15, 0.2) is 0 Å². The Hall–Kier alpha value is -1.81. The molecule has 0 bridgehead atoms. The zero-order valence-corrected chi connectivity index (χ0v) is 18.1. The standard InChI is InChI=1S/C23H32ClNO3/c1-17(22(27)28-23(2,3)4)20(21(26)25-15-6-5-7-16-25)10-8-9-18-11-13-19(24)14-12-18/h11-14,20H,1,5-10,15-16H2,2-4H3. The van der Waals surface area contributed by atoms with Crippen molar-refractivity contribution < 1.29 is 14.3 Å². The minimum Gasteiger partial charge on any atom is -0.457 e. The highest BCUT2D eigenvalue weighted by Gasteiger charge is 2.32. The van der Waals surface area contributed by atoms with Crippen molar-refractivity contribution in [1.82, 2.24) is 4.90 Å². The van der Waals surface area contributed by atoms with E-state index < -0.39 is 17.5 Å². The van der Waals surface area contributed by atoms with Crippen LogP contribution in [0.4, 0.5) is 0 Å². The maximum atomic E-state index is 13.1. The molecule has 1 unspecified atom stereocenters. The summed E-state index contributed by atoms with van der Waals surface area (Å²) in [7, 11) is 0. The first-order valence-corrected chi connectivity index (χ1v) is 10.5. The van der Waals surface area contributed by atoms with E-state index in [2.05, 4.69) is 6.58 Å². The van der Waals surface area contributed by atoms with Crippen molar-refractivity contribution in [3.63, 3.8) is 0 Å². The van der Waals surface area contributed by atoms with Gasteiger partial charge in [-0.15, -0.1) is 0 Å². The summed E-state index contributed by atoms with van der Waals surface area (Å²) >= 11 is 5.94. The number of likely N-dealkylation sites (tertiary alicyclic amines) is 1. The number of carbonyl (C=O) groups excluding carboxylic acids is 2. The molecule has 1 saturated heterocycles. The molecule has 0 aliphatic carbocycles. The molecule has 1 amide bonds. The van der Waals surface area contributed by atoms with E-state index in [-0.39, 0.29) is 11.5 Å². The Morgan fingerprint density at radius 3 is 2.32 bits per heavy atom. The smallest absolute Gasteiger partial charge is 0.334 e. The first kappa shape index (κ1) is 22.5. The van der Waals surface area contributed by atoms with Gasteiger partial charge in [-0.2, -0.15) is 0 Å². The third-order valence-corrected chi connectivity index (χ3v) is 5.17. The van der Waals surface area contributed by atoms with Gasteiger partial charge in [0, 0.05) is 23.7 Å². The summed E-state index contributed by atoms with van der Waals surface area (Å²) in [5.74, 6) is -0.999. The lowest BCUT2D eigenvalue weighted by Gasteiger charge is -2.31. The highest BCUT2D eigenvalue weighted by molar-refractivity contribution is 6.30. The summed E-state index contributed by atoms with van der Waals surface area (Å²) in [6.07, 6.45) is 5.37. The van der Waals surface area contributed by atoms with Crippen molar-refractivity contribution in [2.45, 2.75) is 64.9 Å². The zero-order valence-electron chi connectivity index (χ0n) is 17.3. The van der Waals surface area contributed by atoms with Gasteiger partial charge in [0.05, 0.1) is 5.92 Å². The van der Waals surface area contributed by atoms with Gasteiger partial charge < -0.3 is 9.64 Å². The molecule has 5 heteroatoms. The zero-order chi connectivity index (χ0) is 20.7. The number of rotatable bonds is 7. The van der Waals surface area contributed by atoms with Gasteiger partial charge in [-0.1, -0.05) is 30.3 Å². The van der Waals surface area contributed by atoms with Crippen molar-refractivity contribution in [2.24, 2.45) is 5.92 Å². The van der Waals surface area contributed by atoms with Crippen molar-refractivity contribution in [3.05, 3.63) is 47.0 Å². The molecule has 2 rings (SSSR count). The van der Waals surface area contributed by atoms with Crippen LogP contribution < -0.4 is 0 Å². The predicted octanol–water partition coefficient (Wildman–Crippen LogP) is 5.19. The molecule has 0 N–H and O–H groups in total. The number of hydrogen-bond donors (Lipinski definition) is 0. The third-order valence-electron chi connectivity index (χ3n) is 4.92. The summed E-state index contributed by atoms with van der Waals surface area (Å²) in [5.41, 5.74) is 0.820. The van der Waals surface area contributed by atoms with Gasteiger partial charge in [0.25, 0.3) is 0 Å².